The number of hydrogen-bond donors (Lipinski definition) is 2. The molecule has 0 radical (unpaired) electrons. The molecule has 0 aliphatic carbocycles. The third-order valence-electron chi connectivity index (χ3n) is 2.78. The van der Waals surface area contributed by atoms with E-state index >= 15 is 0 Å². The molecule has 0 saturated carbocycles. The summed E-state index contributed by atoms with van der Waals surface area (Å²) >= 11 is 0. The fourth-order valence-corrected chi connectivity index (χ4v) is 1.85. The Balaban J connectivity index is 2.07. The van der Waals surface area contributed by atoms with Gasteiger partial charge in [0.25, 0.3) is 5.91 Å². The molecule has 1 aliphatic rings. The predicted octanol–water partition coefficient (Wildman–Crippen LogP) is 0.131. The van der Waals surface area contributed by atoms with Crippen LogP contribution in [0.4, 0.5) is 0 Å². The molecule has 1 aromatic heterocycles. The molecule has 1 saturated heterocycles. The van der Waals surface area contributed by atoms with Gasteiger partial charge in [-0.2, -0.15) is 0 Å². The molecule has 0 spiro atoms. The Labute approximate surface area is 94.7 Å². The van der Waals surface area contributed by atoms with Crippen LogP contribution < -0.4 is 10.6 Å². The maximum Gasteiger partial charge on any atom is 0.270 e. The third-order valence-corrected chi connectivity index (χ3v) is 2.78. The van der Waals surface area contributed by atoms with Crippen LogP contribution in [0.5, 0.6) is 0 Å². The first-order chi connectivity index (χ1) is 7.81. The highest BCUT2D eigenvalue weighted by Gasteiger charge is 2.19. The minimum absolute atomic E-state index is 0.0899. The zero-order valence-corrected chi connectivity index (χ0v) is 9.36. The molecule has 5 heteroatoms. The van der Waals surface area contributed by atoms with E-state index < -0.39 is 0 Å². The van der Waals surface area contributed by atoms with Crippen molar-refractivity contribution in [1.82, 2.24) is 20.6 Å². The van der Waals surface area contributed by atoms with E-state index in [2.05, 4.69) is 20.6 Å². The monoisotopic (exact) mass is 220 g/mol. The van der Waals surface area contributed by atoms with Crippen molar-refractivity contribution in [2.75, 3.05) is 13.1 Å². The Morgan fingerprint density at radius 1 is 1.69 bits per heavy atom. The summed E-state index contributed by atoms with van der Waals surface area (Å²) in [5.74, 6) is -0.0899. The van der Waals surface area contributed by atoms with Gasteiger partial charge in [-0.3, -0.25) is 4.79 Å². The molecule has 1 amide bonds. The van der Waals surface area contributed by atoms with Gasteiger partial charge in [0.05, 0.1) is 0 Å². The Morgan fingerprint density at radius 3 is 3.25 bits per heavy atom. The van der Waals surface area contributed by atoms with E-state index in [0.29, 0.717) is 5.69 Å². The number of carbonyl (C=O) groups excluding carboxylic acids is 1. The van der Waals surface area contributed by atoms with Crippen LogP contribution >= 0.6 is 0 Å². The van der Waals surface area contributed by atoms with Crippen LogP contribution in [0, 0.1) is 0 Å². The number of nitrogens with zero attached hydrogens (tertiary/aromatic N) is 2. The number of rotatable bonds is 3. The van der Waals surface area contributed by atoms with Gasteiger partial charge in [0, 0.05) is 24.3 Å². The summed E-state index contributed by atoms with van der Waals surface area (Å²) in [6.07, 6.45) is 4.88. The molecular formula is C11H16N4O. The van der Waals surface area contributed by atoms with E-state index in [1.165, 1.54) is 6.33 Å². The van der Waals surface area contributed by atoms with Crippen LogP contribution in [0.2, 0.25) is 0 Å². The van der Waals surface area contributed by atoms with E-state index in [0.717, 1.165) is 31.5 Å². The quantitative estimate of drug-likeness (QED) is 0.760. The van der Waals surface area contributed by atoms with Gasteiger partial charge in [-0.1, -0.05) is 6.92 Å². The van der Waals surface area contributed by atoms with Crippen molar-refractivity contribution in [2.24, 2.45) is 0 Å². The van der Waals surface area contributed by atoms with E-state index in [9.17, 15) is 4.79 Å². The van der Waals surface area contributed by atoms with Gasteiger partial charge < -0.3 is 10.6 Å². The fourth-order valence-electron chi connectivity index (χ4n) is 1.85. The molecule has 1 fully saturated rings. The first-order valence-electron chi connectivity index (χ1n) is 5.61. The maximum atomic E-state index is 12.0. The van der Waals surface area contributed by atoms with Gasteiger partial charge >= 0.3 is 0 Å². The number of amides is 1. The summed E-state index contributed by atoms with van der Waals surface area (Å²) in [6, 6.07) is 0.229. The van der Waals surface area contributed by atoms with Gasteiger partial charge in [-0.05, 0) is 19.4 Å². The Bertz CT molecular complexity index is 374. The molecule has 2 heterocycles. The molecule has 2 rings (SSSR count). The van der Waals surface area contributed by atoms with E-state index in [1.807, 2.05) is 6.92 Å². The molecule has 1 aliphatic heterocycles. The van der Waals surface area contributed by atoms with Gasteiger partial charge in [-0.25, -0.2) is 9.97 Å². The molecule has 1 atom stereocenters. The van der Waals surface area contributed by atoms with Crippen molar-refractivity contribution in [3.63, 3.8) is 0 Å². The van der Waals surface area contributed by atoms with Gasteiger partial charge in [0.2, 0.25) is 0 Å². The first kappa shape index (κ1) is 11.0. The summed E-state index contributed by atoms with van der Waals surface area (Å²) in [5, 5.41) is 6.19. The minimum Gasteiger partial charge on any atom is -0.347 e. The van der Waals surface area contributed by atoms with Crippen LogP contribution in [0.3, 0.4) is 0 Å². The molecular weight excluding hydrogens is 204 g/mol. The van der Waals surface area contributed by atoms with Crippen molar-refractivity contribution in [2.45, 2.75) is 25.8 Å². The Kier molecular flexibility index (Phi) is 3.46. The Hall–Kier alpha value is -1.49. The smallest absolute Gasteiger partial charge is 0.270 e. The van der Waals surface area contributed by atoms with Crippen LogP contribution in [-0.4, -0.2) is 35.0 Å². The zero-order chi connectivity index (χ0) is 11.4. The normalized spacial score (nSPS) is 19.7. The van der Waals surface area contributed by atoms with Crippen LogP contribution in [0.25, 0.3) is 0 Å². The van der Waals surface area contributed by atoms with Gasteiger partial charge in [0.1, 0.15) is 12.0 Å². The lowest BCUT2D eigenvalue weighted by Crippen LogP contribution is -2.37. The lowest BCUT2D eigenvalue weighted by molar-refractivity contribution is 0.0934. The summed E-state index contributed by atoms with van der Waals surface area (Å²) in [5.41, 5.74) is 1.40. The SMILES string of the molecule is CCc1cncnc1C(=O)NC1CCNC1. The third kappa shape index (κ3) is 2.36. The number of aromatic nitrogens is 2. The van der Waals surface area contributed by atoms with Crippen molar-refractivity contribution in [1.29, 1.82) is 0 Å². The summed E-state index contributed by atoms with van der Waals surface area (Å²) in [6.45, 7) is 3.81. The largest absolute Gasteiger partial charge is 0.347 e. The molecule has 0 bridgehead atoms. The highest BCUT2D eigenvalue weighted by Crippen LogP contribution is 2.06. The van der Waals surface area contributed by atoms with Gasteiger partial charge in [-0.15, -0.1) is 0 Å². The van der Waals surface area contributed by atoms with E-state index in [4.69, 9.17) is 0 Å². The average Bonchev–Trinajstić information content (AvgIpc) is 2.81. The van der Waals surface area contributed by atoms with E-state index in [-0.39, 0.29) is 11.9 Å². The zero-order valence-electron chi connectivity index (χ0n) is 9.36. The number of nitrogens with one attached hydrogen (secondary N) is 2. The van der Waals surface area contributed by atoms with Gasteiger partial charge in [0.15, 0.2) is 0 Å². The van der Waals surface area contributed by atoms with Crippen LogP contribution in [0.15, 0.2) is 12.5 Å². The predicted molar refractivity (Wildman–Crippen MR) is 60.2 cm³/mol. The highest BCUT2D eigenvalue weighted by atomic mass is 16.2. The van der Waals surface area contributed by atoms with Crippen molar-refractivity contribution in [3.8, 4) is 0 Å². The lowest BCUT2D eigenvalue weighted by atomic mass is 10.1. The summed E-state index contributed by atoms with van der Waals surface area (Å²) < 4.78 is 0. The topological polar surface area (TPSA) is 66.9 Å². The second-order valence-electron chi connectivity index (χ2n) is 3.91. The first-order valence-corrected chi connectivity index (χ1v) is 5.61. The number of hydrogen-bond acceptors (Lipinski definition) is 4. The Morgan fingerprint density at radius 2 is 2.56 bits per heavy atom. The molecule has 5 nitrogen and oxygen atoms in total. The van der Waals surface area contributed by atoms with Crippen molar-refractivity contribution in [3.05, 3.63) is 23.8 Å². The molecule has 2 N–H and O–H groups in total. The molecule has 86 valence electrons. The summed E-state index contributed by atoms with van der Waals surface area (Å²) in [4.78, 5) is 19.9. The number of carbonyl (C=O) groups is 1. The summed E-state index contributed by atoms with van der Waals surface area (Å²) in [7, 11) is 0. The lowest BCUT2D eigenvalue weighted by Gasteiger charge is -2.12. The number of aryl methyl sites for hydroxylation is 1. The second-order valence-corrected chi connectivity index (χ2v) is 3.91. The molecule has 1 unspecified atom stereocenters. The maximum absolute atomic E-state index is 12.0. The molecule has 1 aromatic rings. The van der Waals surface area contributed by atoms with Crippen molar-refractivity contribution < 1.29 is 4.79 Å². The fraction of sp³-hybridized carbons (Fsp3) is 0.545. The van der Waals surface area contributed by atoms with Crippen LogP contribution in [0.1, 0.15) is 29.4 Å². The molecule has 16 heavy (non-hydrogen) atoms. The average molecular weight is 220 g/mol. The molecule has 0 aromatic carbocycles. The highest BCUT2D eigenvalue weighted by molar-refractivity contribution is 5.93. The van der Waals surface area contributed by atoms with Crippen molar-refractivity contribution >= 4 is 5.91 Å². The second kappa shape index (κ2) is 5.03. The van der Waals surface area contributed by atoms with E-state index in [1.54, 1.807) is 6.20 Å². The minimum atomic E-state index is -0.0899. The van der Waals surface area contributed by atoms with Crippen LogP contribution in [-0.2, 0) is 6.42 Å². The standard InChI is InChI=1S/C11H16N4O/c1-2-8-5-13-7-14-10(8)11(16)15-9-3-4-12-6-9/h5,7,9,12H,2-4,6H2,1H3,(H,15,16).